The maximum atomic E-state index is 10.9. The molecule has 3 heteroatoms. The SMILES string of the molecule is C=C(C)C(=O)C(N)COC. The molecule has 0 aliphatic carbocycles. The van der Waals surface area contributed by atoms with Gasteiger partial charge in [0.1, 0.15) is 0 Å². The fraction of sp³-hybridized carbons (Fsp3) is 0.571. The summed E-state index contributed by atoms with van der Waals surface area (Å²) in [6.45, 7) is 5.37. The number of carbonyl (C=O) groups is 1. The average molecular weight is 143 g/mol. The van der Waals surface area contributed by atoms with Gasteiger partial charge in [-0.3, -0.25) is 4.79 Å². The van der Waals surface area contributed by atoms with Crippen LogP contribution in [0.4, 0.5) is 0 Å². The van der Waals surface area contributed by atoms with Crippen LogP contribution in [0.2, 0.25) is 0 Å². The van der Waals surface area contributed by atoms with Crippen LogP contribution < -0.4 is 5.73 Å². The summed E-state index contributed by atoms with van der Waals surface area (Å²) in [7, 11) is 1.51. The number of rotatable bonds is 4. The molecule has 0 amide bonds. The summed E-state index contributed by atoms with van der Waals surface area (Å²) in [4.78, 5) is 10.9. The van der Waals surface area contributed by atoms with E-state index in [1.807, 2.05) is 0 Å². The number of ether oxygens (including phenoxy) is 1. The molecule has 0 heterocycles. The Labute approximate surface area is 60.9 Å². The first-order chi connectivity index (χ1) is 4.59. The standard InChI is InChI=1S/C7H13NO2/c1-5(2)7(9)6(8)4-10-3/h6H,1,4,8H2,2-3H3. The van der Waals surface area contributed by atoms with Gasteiger partial charge in [0.2, 0.25) is 0 Å². The fourth-order valence-corrected chi connectivity index (χ4v) is 0.572. The second-order valence-corrected chi connectivity index (χ2v) is 2.21. The number of ketones is 1. The highest BCUT2D eigenvalue weighted by Gasteiger charge is 2.12. The van der Waals surface area contributed by atoms with E-state index in [1.54, 1.807) is 6.92 Å². The molecule has 0 radical (unpaired) electrons. The maximum Gasteiger partial charge on any atom is 0.176 e. The molecule has 0 spiro atoms. The number of carbonyl (C=O) groups excluding carboxylic acids is 1. The van der Waals surface area contributed by atoms with Gasteiger partial charge in [-0.1, -0.05) is 6.58 Å². The van der Waals surface area contributed by atoms with Gasteiger partial charge in [0.05, 0.1) is 12.6 Å². The Hall–Kier alpha value is -0.670. The van der Waals surface area contributed by atoms with Crippen LogP contribution in [0.1, 0.15) is 6.92 Å². The van der Waals surface area contributed by atoms with Gasteiger partial charge in [0.25, 0.3) is 0 Å². The Morgan fingerprint density at radius 3 is 2.60 bits per heavy atom. The normalized spacial score (nSPS) is 12.7. The minimum atomic E-state index is -0.553. The molecule has 10 heavy (non-hydrogen) atoms. The second kappa shape index (κ2) is 4.19. The summed E-state index contributed by atoms with van der Waals surface area (Å²) in [5.41, 5.74) is 5.87. The molecule has 58 valence electrons. The van der Waals surface area contributed by atoms with Crippen LogP contribution >= 0.6 is 0 Å². The van der Waals surface area contributed by atoms with Gasteiger partial charge in [0.15, 0.2) is 5.78 Å². The Morgan fingerprint density at radius 1 is 1.80 bits per heavy atom. The van der Waals surface area contributed by atoms with Crippen LogP contribution in [-0.4, -0.2) is 25.5 Å². The highest BCUT2D eigenvalue weighted by atomic mass is 16.5. The number of methoxy groups -OCH3 is 1. The number of hydrogen-bond donors (Lipinski definition) is 1. The fourth-order valence-electron chi connectivity index (χ4n) is 0.572. The maximum absolute atomic E-state index is 10.9. The Balaban J connectivity index is 3.82. The summed E-state index contributed by atoms with van der Waals surface area (Å²) < 4.78 is 4.69. The predicted molar refractivity (Wildman–Crippen MR) is 39.7 cm³/mol. The molecule has 1 unspecified atom stereocenters. The molecule has 0 aromatic heterocycles. The van der Waals surface area contributed by atoms with Crippen molar-refractivity contribution in [3.8, 4) is 0 Å². The van der Waals surface area contributed by atoms with E-state index in [2.05, 4.69) is 11.3 Å². The molecule has 0 bridgehead atoms. The van der Waals surface area contributed by atoms with Gasteiger partial charge >= 0.3 is 0 Å². The van der Waals surface area contributed by atoms with E-state index in [0.29, 0.717) is 5.57 Å². The zero-order chi connectivity index (χ0) is 8.15. The van der Waals surface area contributed by atoms with E-state index >= 15 is 0 Å². The quantitative estimate of drug-likeness (QED) is 0.568. The van der Waals surface area contributed by atoms with Crippen LogP contribution in [0.5, 0.6) is 0 Å². The zero-order valence-electron chi connectivity index (χ0n) is 6.39. The smallest absolute Gasteiger partial charge is 0.176 e. The lowest BCUT2D eigenvalue weighted by molar-refractivity contribution is -0.117. The van der Waals surface area contributed by atoms with Crippen LogP contribution in [0, 0.1) is 0 Å². The van der Waals surface area contributed by atoms with Crippen molar-refractivity contribution in [2.75, 3.05) is 13.7 Å². The molecule has 0 fully saturated rings. The van der Waals surface area contributed by atoms with Crippen molar-refractivity contribution < 1.29 is 9.53 Å². The first-order valence-corrected chi connectivity index (χ1v) is 3.03. The monoisotopic (exact) mass is 143 g/mol. The van der Waals surface area contributed by atoms with Gasteiger partial charge in [0, 0.05) is 7.11 Å². The Kier molecular flexibility index (Phi) is 3.91. The molecule has 0 saturated heterocycles. The van der Waals surface area contributed by atoms with E-state index in [-0.39, 0.29) is 12.4 Å². The van der Waals surface area contributed by atoms with Crippen molar-refractivity contribution in [1.82, 2.24) is 0 Å². The van der Waals surface area contributed by atoms with Crippen LogP contribution in [0.25, 0.3) is 0 Å². The summed E-state index contributed by atoms with van der Waals surface area (Å²) in [6, 6.07) is -0.553. The average Bonchev–Trinajstić information content (AvgIpc) is 1.87. The summed E-state index contributed by atoms with van der Waals surface area (Å²) in [5, 5.41) is 0. The van der Waals surface area contributed by atoms with E-state index in [9.17, 15) is 4.79 Å². The van der Waals surface area contributed by atoms with Crippen molar-refractivity contribution >= 4 is 5.78 Å². The Bertz CT molecular complexity index is 143. The van der Waals surface area contributed by atoms with Crippen molar-refractivity contribution in [3.05, 3.63) is 12.2 Å². The van der Waals surface area contributed by atoms with Crippen LogP contribution in [-0.2, 0) is 9.53 Å². The summed E-state index contributed by atoms with van der Waals surface area (Å²) in [5.74, 6) is -0.137. The van der Waals surface area contributed by atoms with Crippen LogP contribution in [0.3, 0.4) is 0 Å². The number of hydrogen-bond acceptors (Lipinski definition) is 3. The van der Waals surface area contributed by atoms with Crippen molar-refractivity contribution in [2.45, 2.75) is 13.0 Å². The van der Waals surface area contributed by atoms with Gasteiger partial charge in [-0.15, -0.1) is 0 Å². The minimum absolute atomic E-state index is 0.137. The van der Waals surface area contributed by atoms with Crippen molar-refractivity contribution in [3.63, 3.8) is 0 Å². The molecule has 0 saturated carbocycles. The molecule has 1 atom stereocenters. The van der Waals surface area contributed by atoms with E-state index < -0.39 is 6.04 Å². The highest BCUT2D eigenvalue weighted by molar-refractivity contribution is 5.98. The third kappa shape index (κ3) is 2.75. The molecule has 2 N–H and O–H groups in total. The largest absolute Gasteiger partial charge is 0.383 e. The molecule has 0 aliphatic heterocycles. The van der Waals surface area contributed by atoms with Crippen molar-refractivity contribution in [2.24, 2.45) is 5.73 Å². The topological polar surface area (TPSA) is 52.3 Å². The molecular formula is C7H13NO2. The molecule has 0 aliphatic rings. The van der Waals surface area contributed by atoms with E-state index in [1.165, 1.54) is 7.11 Å². The lowest BCUT2D eigenvalue weighted by Gasteiger charge is -2.07. The molecule has 3 nitrogen and oxygen atoms in total. The summed E-state index contributed by atoms with van der Waals surface area (Å²) in [6.07, 6.45) is 0. The third-order valence-electron chi connectivity index (χ3n) is 1.10. The highest BCUT2D eigenvalue weighted by Crippen LogP contribution is 1.93. The number of nitrogens with two attached hydrogens (primary N) is 1. The lowest BCUT2D eigenvalue weighted by atomic mass is 10.1. The van der Waals surface area contributed by atoms with Gasteiger partial charge in [-0.2, -0.15) is 0 Å². The Morgan fingerprint density at radius 2 is 2.30 bits per heavy atom. The first kappa shape index (κ1) is 9.33. The van der Waals surface area contributed by atoms with Gasteiger partial charge in [-0.25, -0.2) is 0 Å². The van der Waals surface area contributed by atoms with Gasteiger partial charge < -0.3 is 10.5 Å². The second-order valence-electron chi connectivity index (χ2n) is 2.21. The molecule has 0 aromatic carbocycles. The summed E-state index contributed by atoms with van der Waals surface area (Å²) >= 11 is 0. The van der Waals surface area contributed by atoms with Crippen LogP contribution in [0.15, 0.2) is 12.2 Å². The predicted octanol–water partition coefficient (Wildman–Crippen LogP) is 0.105. The van der Waals surface area contributed by atoms with E-state index in [0.717, 1.165) is 0 Å². The van der Waals surface area contributed by atoms with Gasteiger partial charge in [-0.05, 0) is 12.5 Å². The first-order valence-electron chi connectivity index (χ1n) is 3.03. The van der Waals surface area contributed by atoms with E-state index in [4.69, 9.17) is 5.73 Å². The molecular weight excluding hydrogens is 130 g/mol. The number of Topliss-reactive ketones (excluding diaryl/α,β-unsaturated/α-hetero) is 1. The lowest BCUT2D eigenvalue weighted by Crippen LogP contribution is -2.35. The minimum Gasteiger partial charge on any atom is -0.383 e. The van der Waals surface area contributed by atoms with Crippen molar-refractivity contribution in [1.29, 1.82) is 0 Å². The zero-order valence-corrected chi connectivity index (χ0v) is 6.39. The molecule has 0 aromatic rings. The third-order valence-corrected chi connectivity index (χ3v) is 1.10. The molecule has 0 rings (SSSR count).